The Morgan fingerprint density at radius 1 is 1.04 bits per heavy atom. The van der Waals surface area contributed by atoms with Crippen molar-refractivity contribution in [3.63, 3.8) is 0 Å². The molecule has 128 valence electrons. The standard InChI is InChI=1S/C20H31NO2/c1-19-8-7-16-14(15(19)5-6-18(19)22)4-3-13-9-17-12(11-21-23-17)10-20(13,16)2/h11-18,22H,3-10H2,1-2H3/t12?,13-,14-,15-,16-,17?,18-,19-,20-/m0/s1. The molecule has 3 heteroatoms. The SMILES string of the molecule is C[C@]12CC3C=NOC3C[C@@H]1CC[C@@H]1[C@@H]2CC[C@]2(C)[C@@H](O)CC[C@@H]12. The Balaban J connectivity index is 1.46. The summed E-state index contributed by atoms with van der Waals surface area (Å²) in [6.07, 6.45) is 12.5. The molecular weight excluding hydrogens is 286 g/mol. The van der Waals surface area contributed by atoms with Gasteiger partial charge in [0.2, 0.25) is 0 Å². The number of aliphatic hydroxyl groups is 1. The fourth-order valence-corrected chi connectivity index (χ4v) is 7.77. The zero-order valence-electron chi connectivity index (χ0n) is 14.6. The van der Waals surface area contributed by atoms with E-state index in [0.29, 0.717) is 17.4 Å². The van der Waals surface area contributed by atoms with Crippen LogP contribution in [0.2, 0.25) is 0 Å². The fourth-order valence-electron chi connectivity index (χ4n) is 7.77. The lowest BCUT2D eigenvalue weighted by Gasteiger charge is -2.61. The molecule has 4 aliphatic carbocycles. The van der Waals surface area contributed by atoms with Crippen molar-refractivity contribution in [3.8, 4) is 0 Å². The van der Waals surface area contributed by atoms with E-state index >= 15 is 0 Å². The highest BCUT2D eigenvalue weighted by atomic mass is 16.6. The van der Waals surface area contributed by atoms with E-state index in [0.717, 1.165) is 30.1 Å². The normalized spacial score (nSPS) is 60.4. The van der Waals surface area contributed by atoms with E-state index in [1.165, 1.54) is 44.9 Å². The van der Waals surface area contributed by atoms with E-state index in [1.807, 2.05) is 0 Å². The molecule has 5 rings (SSSR count). The highest BCUT2D eigenvalue weighted by molar-refractivity contribution is 5.63. The van der Waals surface area contributed by atoms with Gasteiger partial charge in [0.05, 0.1) is 12.3 Å². The van der Waals surface area contributed by atoms with Gasteiger partial charge in [-0.1, -0.05) is 19.0 Å². The number of nitrogens with zero attached hydrogens (tertiary/aromatic N) is 1. The summed E-state index contributed by atoms with van der Waals surface area (Å²) in [7, 11) is 0. The number of aliphatic hydroxyl groups excluding tert-OH is 1. The Bertz CT molecular complexity index is 534. The molecule has 0 saturated heterocycles. The first kappa shape index (κ1) is 14.7. The van der Waals surface area contributed by atoms with Crippen LogP contribution in [-0.2, 0) is 4.84 Å². The Labute approximate surface area is 139 Å². The second-order valence-corrected chi connectivity index (χ2v) is 9.80. The summed E-state index contributed by atoms with van der Waals surface area (Å²) in [6.45, 7) is 4.97. The highest BCUT2D eigenvalue weighted by Gasteiger charge is 2.61. The lowest BCUT2D eigenvalue weighted by Crippen LogP contribution is -2.55. The summed E-state index contributed by atoms with van der Waals surface area (Å²) in [5, 5.41) is 14.7. The Kier molecular flexibility index (Phi) is 3.04. The van der Waals surface area contributed by atoms with Gasteiger partial charge in [0.25, 0.3) is 0 Å². The summed E-state index contributed by atoms with van der Waals surface area (Å²) in [5.41, 5.74) is 0.679. The molecule has 0 bridgehead atoms. The van der Waals surface area contributed by atoms with Crippen LogP contribution in [0.1, 0.15) is 65.2 Å². The molecule has 4 fully saturated rings. The van der Waals surface area contributed by atoms with Crippen LogP contribution in [-0.4, -0.2) is 23.5 Å². The molecule has 0 aromatic carbocycles. The van der Waals surface area contributed by atoms with Crippen LogP contribution in [0.15, 0.2) is 5.16 Å². The molecule has 2 unspecified atom stereocenters. The third-order valence-electron chi connectivity index (χ3n) is 9.13. The second kappa shape index (κ2) is 4.74. The average molecular weight is 317 g/mol. The quantitative estimate of drug-likeness (QED) is 0.733. The highest BCUT2D eigenvalue weighted by Crippen LogP contribution is 2.66. The van der Waals surface area contributed by atoms with E-state index in [9.17, 15) is 5.11 Å². The summed E-state index contributed by atoms with van der Waals surface area (Å²) >= 11 is 0. The minimum atomic E-state index is -0.0509. The molecule has 0 aromatic heterocycles. The molecule has 5 aliphatic rings. The van der Waals surface area contributed by atoms with Crippen LogP contribution >= 0.6 is 0 Å². The van der Waals surface area contributed by atoms with Crippen LogP contribution < -0.4 is 0 Å². The van der Waals surface area contributed by atoms with Crippen LogP contribution in [0.3, 0.4) is 0 Å². The molecule has 0 radical (unpaired) electrons. The van der Waals surface area contributed by atoms with Crippen molar-refractivity contribution >= 4 is 6.21 Å². The van der Waals surface area contributed by atoms with Crippen LogP contribution in [0.4, 0.5) is 0 Å². The first-order valence-electron chi connectivity index (χ1n) is 9.90. The van der Waals surface area contributed by atoms with Crippen LogP contribution in [0.5, 0.6) is 0 Å². The van der Waals surface area contributed by atoms with Crippen molar-refractivity contribution in [2.45, 2.75) is 77.4 Å². The minimum Gasteiger partial charge on any atom is -0.393 e. The predicted octanol–water partition coefficient (Wildman–Crippen LogP) is 4.00. The summed E-state index contributed by atoms with van der Waals surface area (Å²) < 4.78 is 0. The van der Waals surface area contributed by atoms with E-state index in [-0.39, 0.29) is 11.5 Å². The number of fused-ring (bicyclic) bond motifs is 6. The van der Waals surface area contributed by atoms with E-state index < -0.39 is 0 Å². The van der Waals surface area contributed by atoms with Crippen LogP contribution in [0.25, 0.3) is 0 Å². The molecule has 3 nitrogen and oxygen atoms in total. The van der Waals surface area contributed by atoms with Gasteiger partial charge in [-0.2, -0.15) is 0 Å². The average Bonchev–Trinajstić information content (AvgIpc) is 3.08. The van der Waals surface area contributed by atoms with Gasteiger partial charge < -0.3 is 9.94 Å². The largest absolute Gasteiger partial charge is 0.393 e. The van der Waals surface area contributed by atoms with Gasteiger partial charge in [0.15, 0.2) is 0 Å². The molecule has 4 saturated carbocycles. The molecule has 1 aliphatic heterocycles. The van der Waals surface area contributed by atoms with E-state index in [4.69, 9.17) is 4.84 Å². The molecule has 9 atom stereocenters. The molecule has 23 heavy (non-hydrogen) atoms. The topological polar surface area (TPSA) is 41.8 Å². The van der Waals surface area contributed by atoms with E-state index in [2.05, 4.69) is 25.2 Å². The molecule has 0 spiro atoms. The predicted molar refractivity (Wildman–Crippen MR) is 90.0 cm³/mol. The third-order valence-corrected chi connectivity index (χ3v) is 9.13. The lowest BCUT2D eigenvalue weighted by molar-refractivity contribution is -0.142. The first-order valence-corrected chi connectivity index (χ1v) is 9.90. The Morgan fingerprint density at radius 2 is 1.87 bits per heavy atom. The van der Waals surface area contributed by atoms with Gasteiger partial charge in [0.1, 0.15) is 6.10 Å². The Morgan fingerprint density at radius 3 is 2.74 bits per heavy atom. The maximum absolute atomic E-state index is 10.6. The third kappa shape index (κ3) is 1.83. The Hall–Kier alpha value is -0.570. The molecule has 1 heterocycles. The minimum absolute atomic E-state index is 0.0509. The van der Waals surface area contributed by atoms with Crippen molar-refractivity contribution in [2.75, 3.05) is 0 Å². The van der Waals surface area contributed by atoms with Crippen molar-refractivity contribution < 1.29 is 9.94 Å². The van der Waals surface area contributed by atoms with E-state index in [1.54, 1.807) is 0 Å². The van der Waals surface area contributed by atoms with Gasteiger partial charge in [-0.05, 0) is 85.9 Å². The molecule has 0 amide bonds. The monoisotopic (exact) mass is 317 g/mol. The summed E-state index contributed by atoms with van der Waals surface area (Å²) in [4.78, 5) is 5.62. The van der Waals surface area contributed by atoms with Crippen molar-refractivity contribution in [3.05, 3.63) is 0 Å². The maximum atomic E-state index is 10.6. The molecule has 1 N–H and O–H groups in total. The van der Waals surface area contributed by atoms with Gasteiger partial charge in [-0.25, -0.2) is 0 Å². The maximum Gasteiger partial charge on any atom is 0.135 e. The van der Waals surface area contributed by atoms with Gasteiger partial charge in [-0.3, -0.25) is 0 Å². The first-order chi connectivity index (χ1) is 11.0. The zero-order chi connectivity index (χ0) is 15.8. The lowest BCUT2D eigenvalue weighted by atomic mass is 9.44. The van der Waals surface area contributed by atoms with Gasteiger partial charge in [-0.15, -0.1) is 0 Å². The molecule has 0 aromatic rings. The van der Waals surface area contributed by atoms with Crippen molar-refractivity contribution in [1.82, 2.24) is 0 Å². The summed E-state index contributed by atoms with van der Waals surface area (Å²) in [5.74, 6) is 3.85. The van der Waals surface area contributed by atoms with Crippen molar-refractivity contribution in [2.24, 2.45) is 45.6 Å². The smallest absolute Gasteiger partial charge is 0.135 e. The van der Waals surface area contributed by atoms with Crippen LogP contribution in [0, 0.1) is 40.4 Å². The number of rotatable bonds is 0. The molecular formula is C20H31NO2. The number of hydrogen-bond donors (Lipinski definition) is 1. The number of oxime groups is 1. The van der Waals surface area contributed by atoms with Crippen molar-refractivity contribution in [1.29, 1.82) is 0 Å². The van der Waals surface area contributed by atoms with Gasteiger partial charge in [0, 0.05) is 5.92 Å². The van der Waals surface area contributed by atoms with Gasteiger partial charge >= 0.3 is 0 Å². The fraction of sp³-hybridized carbons (Fsp3) is 0.950. The summed E-state index contributed by atoms with van der Waals surface area (Å²) in [6, 6.07) is 0. The second-order valence-electron chi connectivity index (χ2n) is 9.80. The zero-order valence-corrected chi connectivity index (χ0v) is 14.6. The number of hydrogen-bond acceptors (Lipinski definition) is 3.